The second kappa shape index (κ2) is 8.51. The minimum Gasteiger partial charge on any atom is -0.495 e. The fourth-order valence-electron chi connectivity index (χ4n) is 3.13. The van der Waals surface area contributed by atoms with E-state index in [2.05, 4.69) is 35.1 Å². The summed E-state index contributed by atoms with van der Waals surface area (Å²) >= 11 is 0. The first kappa shape index (κ1) is 18.6. The van der Waals surface area contributed by atoms with Gasteiger partial charge in [0.2, 0.25) is 5.95 Å². The quantitative estimate of drug-likeness (QED) is 0.704. The number of anilines is 3. The van der Waals surface area contributed by atoms with E-state index in [4.69, 9.17) is 4.74 Å². The van der Waals surface area contributed by atoms with Crippen LogP contribution in [0.4, 0.5) is 17.5 Å². The number of nitrogens with zero attached hydrogens (tertiary/aromatic N) is 6. The SMILES string of the molecule is COc1ccccc1NC(=O)c1cnc(N2CCN(c3ncccn3)CC2)cn1. The lowest BCUT2D eigenvalue weighted by molar-refractivity contribution is 0.102. The van der Waals surface area contributed by atoms with Crippen molar-refractivity contribution >= 4 is 23.4 Å². The Morgan fingerprint density at radius 1 is 0.931 bits per heavy atom. The lowest BCUT2D eigenvalue weighted by Gasteiger charge is -2.35. The number of carbonyl (C=O) groups is 1. The van der Waals surface area contributed by atoms with Crippen LogP contribution in [0.2, 0.25) is 0 Å². The van der Waals surface area contributed by atoms with Crippen LogP contribution in [-0.4, -0.2) is 59.1 Å². The maximum absolute atomic E-state index is 12.5. The molecule has 0 atom stereocenters. The van der Waals surface area contributed by atoms with Gasteiger partial charge in [-0.3, -0.25) is 4.79 Å². The average molecular weight is 391 g/mol. The Labute approximate surface area is 168 Å². The van der Waals surface area contributed by atoms with Crippen LogP contribution < -0.4 is 19.9 Å². The largest absolute Gasteiger partial charge is 0.495 e. The number of para-hydroxylation sites is 2. The molecule has 0 radical (unpaired) electrons. The van der Waals surface area contributed by atoms with Gasteiger partial charge in [0, 0.05) is 38.6 Å². The van der Waals surface area contributed by atoms with Crippen LogP contribution in [0.25, 0.3) is 0 Å². The van der Waals surface area contributed by atoms with Gasteiger partial charge in [0.1, 0.15) is 17.3 Å². The van der Waals surface area contributed by atoms with Gasteiger partial charge in [-0.15, -0.1) is 0 Å². The Morgan fingerprint density at radius 2 is 1.66 bits per heavy atom. The van der Waals surface area contributed by atoms with Crippen molar-refractivity contribution in [3.05, 3.63) is 60.8 Å². The second-order valence-corrected chi connectivity index (χ2v) is 6.44. The van der Waals surface area contributed by atoms with E-state index in [1.54, 1.807) is 43.9 Å². The van der Waals surface area contributed by atoms with Gasteiger partial charge in [0.15, 0.2) is 0 Å². The smallest absolute Gasteiger partial charge is 0.275 e. The molecule has 3 heterocycles. The van der Waals surface area contributed by atoms with Crippen molar-refractivity contribution in [3.63, 3.8) is 0 Å². The molecule has 1 aliphatic heterocycles. The molecule has 9 nitrogen and oxygen atoms in total. The zero-order chi connectivity index (χ0) is 20.1. The Kier molecular flexibility index (Phi) is 5.46. The molecule has 0 unspecified atom stereocenters. The number of piperazine rings is 1. The topological polar surface area (TPSA) is 96.4 Å². The van der Waals surface area contributed by atoms with E-state index in [1.165, 1.54) is 6.20 Å². The number of amides is 1. The number of carbonyl (C=O) groups excluding carboxylic acids is 1. The molecule has 148 valence electrons. The number of benzene rings is 1. The van der Waals surface area contributed by atoms with Crippen molar-refractivity contribution < 1.29 is 9.53 Å². The van der Waals surface area contributed by atoms with Crippen molar-refractivity contribution in [2.75, 3.05) is 48.4 Å². The zero-order valence-corrected chi connectivity index (χ0v) is 16.0. The fraction of sp³-hybridized carbons (Fsp3) is 0.250. The molecule has 29 heavy (non-hydrogen) atoms. The van der Waals surface area contributed by atoms with Gasteiger partial charge in [0.05, 0.1) is 25.2 Å². The Bertz CT molecular complexity index is 958. The van der Waals surface area contributed by atoms with Crippen molar-refractivity contribution in [2.24, 2.45) is 0 Å². The lowest BCUT2D eigenvalue weighted by atomic mass is 10.3. The number of methoxy groups -OCH3 is 1. The third kappa shape index (κ3) is 4.23. The molecule has 2 aromatic heterocycles. The molecule has 0 spiro atoms. The van der Waals surface area contributed by atoms with Gasteiger partial charge < -0.3 is 19.9 Å². The van der Waals surface area contributed by atoms with Crippen LogP contribution in [-0.2, 0) is 0 Å². The van der Waals surface area contributed by atoms with E-state index in [0.29, 0.717) is 11.4 Å². The second-order valence-electron chi connectivity index (χ2n) is 6.44. The minimum atomic E-state index is -0.334. The molecule has 4 rings (SSSR count). The van der Waals surface area contributed by atoms with Crippen LogP contribution in [0, 0.1) is 0 Å². The predicted octanol–water partition coefficient (Wildman–Crippen LogP) is 1.85. The number of rotatable bonds is 5. The van der Waals surface area contributed by atoms with E-state index in [9.17, 15) is 4.79 Å². The summed E-state index contributed by atoms with van der Waals surface area (Å²) in [6.45, 7) is 3.14. The Hall–Kier alpha value is -3.75. The highest BCUT2D eigenvalue weighted by atomic mass is 16.5. The molecule has 9 heteroatoms. The normalized spacial score (nSPS) is 13.8. The lowest BCUT2D eigenvalue weighted by Crippen LogP contribution is -2.47. The summed E-state index contributed by atoms with van der Waals surface area (Å²) in [5.74, 6) is 1.74. The Morgan fingerprint density at radius 3 is 2.34 bits per heavy atom. The maximum Gasteiger partial charge on any atom is 0.275 e. The van der Waals surface area contributed by atoms with E-state index < -0.39 is 0 Å². The summed E-state index contributed by atoms with van der Waals surface area (Å²) in [7, 11) is 1.56. The van der Waals surface area contributed by atoms with E-state index in [-0.39, 0.29) is 11.6 Å². The van der Waals surface area contributed by atoms with Crippen LogP contribution in [0.1, 0.15) is 10.5 Å². The highest BCUT2D eigenvalue weighted by molar-refractivity contribution is 6.03. The molecule has 3 aromatic rings. The summed E-state index contributed by atoms with van der Waals surface area (Å²) in [5, 5.41) is 2.80. The van der Waals surface area contributed by atoms with Crippen molar-refractivity contribution in [1.29, 1.82) is 0 Å². The van der Waals surface area contributed by atoms with Crippen LogP contribution in [0.5, 0.6) is 5.75 Å². The molecular formula is C20H21N7O2. The number of aromatic nitrogens is 4. The van der Waals surface area contributed by atoms with E-state index in [0.717, 1.165) is 37.9 Å². The molecular weight excluding hydrogens is 370 g/mol. The standard InChI is InChI=1S/C20H21N7O2/c1-29-17-6-3-2-5-15(17)25-19(28)16-13-24-18(14-23-16)26-9-11-27(12-10-26)20-21-7-4-8-22-20/h2-8,13-14H,9-12H2,1H3,(H,25,28). The summed E-state index contributed by atoms with van der Waals surface area (Å²) < 4.78 is 5.25. The van der Waals surface area contributed by atoms with E-state index in [1.807, 2.05) is 12.1 Å². The van der Waals surface area contributed by atoms with Crippen molar-refractivity contribution in [3.8, 4) is 5.75 Å². The molecule has 0 aliphatic carbocycles. The summed E-state index contributed by atoms with van der Waals surface area (Å²) in [4.78, 5) is 34.0. The first-order valence-electron chi connectivity index (χ1n) is 9.28. The molecule has 1 amide bonds. The van der Waals surface area contributed by atoms with Crippen molar-refractivity contribution in [1.82, 2.24) is 19.9 Å². The molecule has 1 aliphatic rings. The van der Waals surface area contributed by atoms with Crippen LogP contribution >= 0.6 is 0 Å². The predicted molar refractivity (Wildman–Crippen MR) is 109 cm³/mol. The third-order valence-corrected chi connectivity index (χ3v) is 4.66. The monoisotopic (exact) mass is 391 g/mol. The van der Waals surface area contributed by atoms with Crippen LogP contribution in [0.3, 0.4) is 0 Å². The number of hydrogen-bond donors (Lipinski definition) is 1. The number of nitrogens with one attached hydrogen (secondary N) is 1. The first-order chi connectivity index (χ1) is 14.2. The summed E-state index contributed by atoms with van der Waals surface area (Å²) in [6.07, 6.45) is 6.61. The highest BCUT2D eigenvalue weighted by Gasteiger charge is 2.20. The number of hydrogen-bond acceptors (Lipinski definition) is 8. The van der Waals surface area contributed by atoms with Gasteiger partial charge in [-0.2, -0.15) is 0 Å². The van der Waals surface area contributed by atoms with E-state index >= 15 is 0 Å². The van der Waals surface area contributed by atoms with Crippen LogP contribution in [0.15, 0.2) is 55.1 Å². The summed E-state index contributed by atoms with van der Waals surface area (Å²) in [5.41, 5.74) is 0.834. The van der Waals surface area contributed by atoms with Gasteiger partial charge >= 0.3 is 0 Å². The first-order valence-corrected chi connectivity index (χ1v) is 9.28. The third-order valence-electron chi connectivity index (χ3n) is 4.66. The average Bonchev–Trinajstić information content (AvgIpc) is 2.80. The molecule has 1 fully saturated rings. The zero-order valence-electron chi connectivity index (χ0n) is 16.0. The minimum absolute atomic E-state index is 0.246. The van der Waals surface area contributed by atoms with Gasteiger partial charge in [0.25, 0.3) is 5.91 Å². The molecule has 1 N–H and O–H groups in total. The van der Waals surface area contributed by atoms with Gasteiger partial charge in [-0.05, 0) is 18.2 Å². The fourth-order valence-corrected chi connectivity index (χ4v) is 3.13. The van der Waals surface area contributed by atoms with Gasteiger partial charge in [-0.25, -0.2) is 19.9 Å². The maximum atomic E-state index is 12.5. The number of ether oxygens (including phenoxy) is 1. The van der Waals surface area contributed by atoms with Gasteiger partial charge in [-0.1, -0.05) is 12.1 Å². The molecule has 1 aromatic carbocycles. The molecule has 0 bridgehead atoms. The van der Waals surface area contributed by atoms with Crippen molar-refractivity contribution in [2.45, 2.75) is 0 Å². The highest BCUT2D eigenvalue weighted by Crippen LogP contribution is 2.23. The molecule has 0 saturated carbocycles. The molecule has 1 saturated heterocycles. The summed E-state index contributed by atoms with van der Waals surface area (Å²) in [6, 6.07) is 9.03. The Balaban J connectivity index is 1.37.